The largest absolute Gasteiger partial charge is 0.356 e. The number of hydrogen-bond acceptors (Lipinski definition) is 6. The van der Waals surface area contributed by atoms with Gasteiger partial charge in [0.1, 0.15) is 17.8 Å². The van der Waals surface area contributed by atoms with Gasteiger partial charge in [-0.15, -0.1) is 0 Å². The van der Waals surface area contributed by atoms with Gasteiger partial charge in [0.2, 0.25) is 0 Å². The van der Waals surface area contributed by atoms with E-state index >= 15 is 0 Å². The fraction of sp³-hybridized carbons (Fsp3) is 0.562. The lowest BCUT2D eigenvalue weighted by atomic mass is 9.86. The second-order valence-corrected chi connectivity index (χ2v) is 9.14. The topological polar surface area (TPSA) is 118 Å². The van der Waals surface area contributed by atoms with E-state index in [0.29, 0.717) is 0 Å². The van der Waals surface area contributed by atoms with Crippen LogP contribution in [0.4, 0.5) is 5.82 Å². The molecular weight excluding hydrogens is 354 g/mol. The normalized spacial score (nSPS) is 25.3. The minimum absolute atomic E-state index is 0.0926. The Labute approximate surface area is 152 Å². The van der Waals surface area contributed by atoms with Gasteiger partial charge in [-0.3, -0.25) is 0 Å². The van der Waals surface area contributed by atoms with Crippen LogP contribution < -0.4 is 9.62 Å². The van der Waals surface area contributed by atoms with Crippen molar-refractivity contribution < 1.29 is 8.42 Å². The Bertz CT molecular complexity index is 968. The third kappa shape index (κ3) is 2.82. The molecule has 2 aliphatic rings. The van der Waals surface area contributed by atoms with Gasteiger partial charge in [-0.25, -0.2) is 9.97 Å². The summed E-state index contributed by atoms with van der Waals surface area (Å²) >= 11 is 0. The molecule has 3 heterocycles. The number of fused-ring (bicyclic) bond motifs is 1. The van der Waals surface area contributed by atoms with Crippen LogP contribution in [0.1, 0.15) is 19.8 Å². The van der Waals surface area contributed by atoms with Gasteiger partial charge in [0.25, 0.3) is 10.2 Å². The number of rotatable bonds is 5. The van der Waals surface area contributed by atoms with Gasteiger partial charge in [-0.2, -0.15) is 22.7 Å². The first-order valence-corrected chi connectivity index (χ1v) is 9.95. The Hall–Kier alpha value is -2.22. The quantitative estimate of drug-likeness (QED) is 0.790. The van der Waals surface area contributed by atoms with Crippen LogP contribution >= 0.6 is 0 Å². The summed E-state index contributed by atoms with van der Waals surface area (Å²) < 4.78 is 28.8. The number of nitrogens with zero attached hydrogens (tertiary/aromatic N) is 5. The van der Waals surface area contributed by atoms with E-state index in [1.165, 1.54) is 10.6 Å². The van der Waals surface area contributed by atoms with Gasteiger partial charge in [-0.1, -0.05) is 0 Å². The Morgan fingerprint density at radius 2 is 2.15 bits per heavy atom. The summed E-state index contributed by atoms with van der Waals surface area (Å²) in [4.78, 5) is 13.7. The lowest BCUT2D eigenvalue weighted by Gasteiger charge is -2.45. The van der Waals surface area contributed by atoms with E-state index in [1.54, 1.807) is 6.92 Å². The molecule has 0 bridgehead atoms. The van der Waals surface area contributed by atoms with Gasteiger partial charge in [0.15, 0.2) is 0 Å². The lowest BCUT2D eigenvalue weighted by molar-refractivity contribution is 0.145. The average Bonchev–Trinajstić information content (AvgIpc) is 3.02. The number of nitriles is 1. The highest BCUT2D eigenvalue weighted by Crippen LogP contribution is 2.34. The molecule has 0 unspecified atom stereocenters. The van der Waals surface area contributed by atoms with Gasteiger partial charge >= 0.3 is 0 Å². The molecule has 2 fully saturated rings. The molecule has 0 spiro atoms. The third-order valence-corrected chi connectivity index (χ3v) is 6.87. The molecule has 26 heavy (non-hydrogen) atoms. The predicted molar refractivity (Wildman–Crippen MR) is 96.5 cm³/mol. The molecule has 9 nitrogen and oxygen atoms in total. The maximum atomic E-state index is 12.4. The van der Waals surface area contributed by atoms with E-state index in [-0.39, 0.29) is 25.2 Å². The van der Waals surface area contributed by atoms with E-state index in [9.17, 15) is 8.42 Å². The highest BCUT2D eigenvalue weighted by atomic mass is 32.2. The van der Waals surface area contributed by atoms with Gasteiger partial charge < -0.3 is 9.88 Å². The van der Waals surface area contributed by atoms with Crippen molar-refractivity contribution in [3.63, 3.8) is 0 Å². The van der Waals surface area contributed by atoms with Crippen molar-refractivity contribution in [3.05, 3.63) is 18.6 Å². The molecular formula is C16H21N7O2S. The summed E-state index contributed by atoms with van der Waals surface area (Å²) in [6, 6.07) is 4.23. The van der Waals surface area contributed by atoms with Crippen molar-refractivity contribution in [2.75, 3.05) is 25.0 Å². The van der Waals surface area contributed by atoms with Crippen molar-refractivity contribution in [2.24, 2.45) is 5.41 Å². The second kappa shape index (κ2) is 5.90. The zero-order valence-electron chi connectivity index (χ0n) is 14.7. The fourth-order valence-electron chi connectivity index (χ4n) is 3.57. The molecule has 0 radical (unpaired) electrons. The second-order valence-electron chi connectivity index (χ2n) is 7.43. The summed E-state index contributed by atoms with van der Waals surface area (Å²) in [6.07, 6.45) is 4.79. The maximum Gasteiger partial charge on any atom is 0.279 e. The Morgan fingerprint density at radius 3 is 2.85 bits per heavy atom. The maximum absolute atomic E-state index is 12.4. The minimum Gasteiger partial charge on any atom is -0.356 e. The average molecular weight is 375 g/mol. The van der Waals surface area contributed by atoms with Crippen LogP contribution in [0.5, 0.6) is 0 Å². The molecule has 1 saturated heterocycles. The first kappa shape index (κ1) is 17.2. The van der Waals surface area contributed by atoms with E-state index in [2.05, 4.69) is 30.6 Å². The van der Waals surface area contributed by atoms with Crippen LogP contribution in [0.15, 0.2) is 18.6 Å². The number of anilines is 1. The smallest absolute Gasteiger partial charge is 0.279 e. The monoisotopic (exact) mass is 375 g/mol. The molecule has 2 N–H and O–H groups in total. The first-order chi connectivity index (χ1) is 12.3. The van der Waals surface area contributed by atoms with E-state index in [0.717, 1.165) is 29.7 Å². The molecule has 4 rings (SSSR count). The molecule has 0 atom stereocenters. The molecule has 0 amide bonds. The molecule has 138 valence electrons. The van der Waals surface area contributed by atoms with Crippen molar-refractivity contribution in [1.29, 1.82) is 5.26 Å². The van der Waals surface area contributed by atoms with Gasteiger partial charge in [0, 0.05) is 38.4 Å². The summed E-state index contributed by atoms with van der Waals surface area (Å²) in [5.41, 5.74) is 0.225. The van der Waals surface area contributed by atoms with Gasteiger partial charge in [0.05, 0.1) is 16.9 Å². The zero-order valence-corrected chi connectivity index (χ0v) is 15.5. The van der Waals surface area contributed by atoms with Crippen LogP contribution in [0.3, 0.4) is 0 Å². The minimum atomic E-state index is -3.52. The van der Waals surface area contributed by atoms with Crippen LogP contribution in [-0.4, -0.2) is 59.9 Å². The SMILES string of the molecule is CN(c1ncnc2[nH]ccc12)[C@H]1C[C@@H](NS(=O)(=O)N2CC(C)(C#N)C2)C1. The fourth-order valence-corrected chi connectivity index (χ4v) is 5.24. The summed E-state index contributed by atoms with van der Waals surface area (Å²) in [6.45, 7) is 2.28. The Morgan fingerprint density at radius 1 is 1.42 bits per heavy atom. The predicted octanol–water partition coefficient (Wildman–Crippen LogP) is 0.605. The van der Waals surface area contributed by atoms with E-state index in [4.69, 9.17) is 5.26 Å². The molecule has 1 aliphatic carbocycles. The number of hydrogen-bond donors (Lipinski definition) is 2. The van der Waals surface area contributed by atoms with Crippen molar-refractivity contribution in [2.45, 2.75) is 31.8 Å². The van der Waals surface area contributed by atoms with Crippen LogP contribution in [0.25, 0.3) is 11.0 Å². The Balaban J connectivity index is 1.36. The third-order valence-electron chi connectivity index (χ3n) is 5.30. The van der Waals surface area contributed by atoms with Crippen molar-refractivity contribution in [3.8, 4) is 6.07 Å². The van der Waals surface area contributed by atoms with Crippen LogP contribution in [-0.2, 0) is 10.2 Å². The first-order valence-electron chi connectivity index (χ1n) is 8.51. The number of aromatic amines is 1. The molecule has 2 aromatic rings. The van der Waals surface area contributed by atoms with E-state index < -0.39 is 15.6 Å². The summed E-state index contributed by atoms with van der Waals surface area (Å²) in [5.74, 6) is 0.843. The number of aromatic nitrogens is 3. The van der Waals surface area contributed by atoms with Crippen LogP contribution in [0, 0.1) is 16.7 Å². The molecule has 10 heteroatoms. The van der Waals surface area contributed by atoms with Crippen molar-refractivity contribution >= 4 is 27.1 Å². The molecule has 1 saturated carbocycles. The molecule has 2 aromatic heterocycles. The highest BCUT2D eigenvalue weighted by Gasteiger charge is 2.46. The molecule has 0 aromatic carbocycles. The van der Waals surface area contributed by atoms with E-state index in [1.807, 2.05) is 19.3 Å². The number of H-pyrrole nitrogens is 1. The van der Waals surface area contributed by atoms with Crippen molar-refractivity contribution in [1.82, 2.24) is 24.0 Å². The number of nitrogens with one attached hydrogen (secondary N) is 2. The zero-order chi connectivity index (χ0) is 18.5. The lowest BCUT2D eigenvalue weighted by Crippen LogP contribution is -2.62. The standard InChI is InChI=1S/C16H21N7O2S/c1-16(7-17)8-23(9-16)26(24,25)21-11-5-12(6-11)22(2)15-13-3-4-18-14(13)19-10-20-15/h3-4,10-12,21H,5-6,8-9H2,1-2H3,(H,18,19,20)/t11-,12+. The molecule has 1 aliphatic heterocycles. The highest BCUT2D eigenvalue weighted by molar-refractivity contribution is 7.87. The Kier molecular flexibility index (Phi) is 3.91. The van der Waals surface area contributed by atoms with Gasteiger partial charge in [-0.05, 0) is 25.8 Å². The summed E-state index contributed by atoms with van der Waals surface area (Å²) in [7, 11) is -1.55. The summed E-state index contributed by atoms with van der Waals surface area (Å²) in [5, 5.41) is 9.98. The van der Waals surface area contributed by atoms with Crippen LogP contribution in [0.2, 0.25) is 0 Å².